The Hall–Kier alpha value is -0.0800. The first-order chi connectivity index (χ1) is 5.77. The minimum atomic E-state index is -0.546. The van der Waals surface area contributed by atoms with Gasteiger partial charge in [0.1, 0.15) is 0 Å². The van der Waals surface area contributed by atoms with Gasteiger partial charge in [-0.1, -0.05) is 32.1 Å². The zero-order valence-corrected chi connectivity index (χ0v) is 7.76. The van der Waals surface area contributed by atoms with Gasteiger partial charge < -0.3 is 10.2 Å². The molecule has 0 bridgehead atoms. The summed E-state index contributed by atoms with van der Waals surface area (Å²) in [5.41, 5.74) is -0.546. The molecule has 0 atom stereocenters. The third kappa shape index (κ3) is 3.11. The highest BCUT2D eigenvalue weighted by atomic mass is 16.3. The summed E-state index contributed by atoms with van der Waals surface area (Å²) in [5, 5.41) is 18.8. The minimum absolute atomic E-state index is 0.122. The van der Waals surface area contributed by atoms with Gasteiger partial charge in [-0.3, -0.25) is 0 Å². The van der Waals surface area contributed by atoms with Crippen LogP contribution in [0.2, 0.25) is 0 Å². The maximum atomic E-state index is 10.0. The molecule has 1 fully saturated rings. The van der Waals surface area contributed by atoms with Gasteiger partial charge in [-0.25, -0.2) is 0 Å². The SMILES string of the molecule is OCCC1(O)CCCCCCC1. The third-order valence-electron chi connectivity index (χ3n) is 2.86. The molecule has 1 rings (SSSR count). The highest BCUT2D eigenvalue weighted by Crippen LogP contribution is 2.28. The monoisotopic (exact) mass is 172 g/mol. The van der Waals surface area contributed by atoms with Gasteiger partial charge in [-0.05, 0) is 19.3 Å². The Labute approximate surface area is 74.6 Å². The fourth-order valence-electron chi connectivity index (χ4n) is 2.02. The summed E-state index contributed by atoms with van der Waals surface area (Å²) < 4.78 is 0. The summed E-state index contributed by atoms with van der Waals surface area (Å²) in [6.45, 7) is 0.122. The first kappa shape index (κ1) is 10.0. The Morgan fingerprint density at radius 1 is 0.917 bits per heavy atom. The zero-order valence-electron chi connectivity index (χ0n) is 7.76. The first-order valence-electron chi connectivity index (χ1n) is 5.10. The molecule has 0 aromatic heterocycles. The third-order valence-corrected chi connectivity index (χ3v) is 2.86. The Bertz CT molecular complexity index is 115. The van der Waals surface area contributed by atoms with Crippen LogP contribution in [0.1, 0.15) is 51.4 Å². The molecule has 0 aromatic carbocycles. The maximum absolute atomic E-state index is 10.0. The average Bonchev–Trinajstić information content (AvgIpc) is 1.99. The van der Waals surface area contributed by atoms with Crippen LogP contribution in [0.25, 0.3) is 0 Å². The molecule has 0 saturated heterocycles. The Morgan fingerprint density at radius 2 is 1.42 bits per heavy atom. The predicted molar refractivity (Wildman–Crippen MR) is 49.0 cm³/mol. The van der Waals surface area contributed by atoms with Crippen molar-refractivity contribution in [1.82, 2.24) is 0 Å². The molecule has 12 heavy (non-hydrogen) atoms. The molecular formula is C10H20O2. The highest BCUT2D eigenvalue weighted by Gasteiger charge is 2.25. The normalized spacial score (nSPS) is 24.5. The molecule has 72 valence electrons. The van der Waals surface area contributed by atoms with E-state index in [1.807, 2.05) is 0 Å². The van der Waals surface area contributed by atoms with Crippen molar-refractivity contribution in [2.24, 2.45) is 0 Å². The number of aliphatic hydroxyl groups excluding tert-OH is 1. The molecule has 0 unspecified atom stereocenters. The second kappa shape index (κ2) is 4.83. The van der Waals surface area contributed by atoms with E-state index in [1.165, 1.54) is 19.3 Å². The van der Waals surface area contributed by atoms with Crippen LogP contribution in [0, 0.1) is 0 Å². The van der Waals surface area contributed by atoms with Gasteiger partial charge in [0.15, 0.2) is 0 Å². The summed E-state index contributed by atoms with van der Waals surface area (Å²) in [7, 11) is 0. The lowest BCUT2D eigenvalue weighted by atomic mass is 9.85. The van der Waals surface area contributed by atoms with E-state index in [0.717, 1.165) is 25.7 Å². The van der Waals surface area contributed by atoms with Crippen LogP contribution in [0.5, 0.6) is 0 Å². The average molecular weight is 172 g/mol. The largest absolute Gasteiger partial charge is 0.396 e. The van der Waals surface area contributed by atoms with E-state index in [2.05, 4.69) is 0 Å². The summed E-state index contributed by atoms with van der Waals surface area (Å²) in [4.78, 5) is 0. The molecule has 0 heterocycles. The first-order valence-corrected chi connectivity index (χ1v) is 5.10. The number of hydrogen-bond donors (Lipinski definition) is 2. The van der Waals surface area contributed by atoms with Crippen LogP contribution in [-0.4, -0.2) is 22.4 Å². The van der Waals surface area contributed by atoms with Gasteiger partial charge in [-0.2, -0.15) is 0 Å². The van der Waals surface area contributed by atoms with Crippen LogP contribution < -0.4 is 0 Å². The summed E-state index contributed by atoms with van der Waals surface area (Å²) in [6.07, 6.45) is 8.37. The topological polar surface area (TPSA) is 40.5 Å². The van der Waals surface area contributed by atoms with Gasteiger partial charge in [0, 0.05) is 6.61 Å². The van der Waals surface area contributed by atoms with E-state index in [-0.39, 0.29) is 6.61 Å². The van der Waals surface area contributed by atoms with Crippen molar-refractivity contribution in [3.05, 3.63) is 0 Å². The van der Waals surface area contributed by atoms with Crippen molar-refractivity contribution in [3.8, 4) is 0 Å². The highest BCUT2D eigenvalue weighted by molar-refractivity contribution is 4.79. The lowest BCUT2D eigenvalue weighted by Crippen LogP contribution is -2.30. The van der Waals surface area contributed by atoms with E-state index < -0.39 is 5.60 Å². The van der Waals surface area contributed by atoms with E-state index in [0.29, 0.717) is 6.42 Å². The maximum Gasteiger partial charge on any atom is 0.0669 e. The second-order valence-electron chi connectivity index (χ2n) is 3.97. The molecule has 0 aliphatic heterocycles. The van der Waals surface area contributed by atoms with Crippen molar-refractivity contribution in [2.45, 2.75) is 57.0 Å². The number of rotatable bonds is 2. The van der Waals surface area contributed by atoms with Crippen molar-refractivity contribution in [1.29, 1.82) is 0 Å². The second-order valence-corrected chi connectivity index (χ2v) is 3.97. The van der Waals surface area contributed by atoms with Crippen molar-refractivity contribution in [3.63, 3.8) is 0 Å². The quantitative estimate of drug-likeness (QED) is 0.667. The Morgan fingerprint density at radius 3 is 1.92 bits per heavy atom. The summed E-state index contributed by atoms with van der Waals surface area (Å²) in [5.74, 6) is 0. The molecule has 1 aliphatic rings. The predicted octanol–water partition coefficient (Wildman–Crippen LogP) is 1.84. The van der Waals surface area contributed by atoms with Gasteiger partial charge in [0.05, 0.1) is 5.60 Å². The molecule has 0 aromatic rings. The van der Waals surface area contributed by atoms with Crippen LogP contribution in [0.4, 0.5) is 0 Å². The van der Waals surface area contributed by atoms with Crippen molar-refractivity contribution in [2.75, 3.05) is 6.61 Å². The molecule has 2 N–H and O–H groups in total. The number of hydrogen-bond acceptors (Lipinski definition) is 2. The summed E-state index contributed by atoms with van der Waals surface area (Å²) >= 11 is 0. The van der Waals surface area contributed by atoms with Crippen molar-refractivity contribution < 1.29 is 10.2 Å². The van der Waals surface area contributed by atoms with Crippen molar-refractivity contribution >= 4 is 0 Å². The molecule has 0 spiro atoms. The smallest absolute Gasteiger partial charge is 0.0669 e. The van der Waals surface area contributed by atoms with E-state index in [1.54, 1.807) is 0 Å². The fourth-order valence-corrected chi connectivity index (χ4v) is 2.02. The lowest BCUT2D eigenvalue weighted by Gasteiger charge is -2.29. The fraction of sp³-hybridized carbons (Fsp3) is 1.00. The van der Waals surface area contributed by atoms with Crippen LogP contribution in [0.3, 0.4) is 0 Å². The Kier molecular flexibility index (Phi) is 4.02. The zero-order chi connectivity index (χ0) is 8.86. The van der Waals surface area contributed by atoms with E-state index >= 15 is 0 Å². The molecule has 1 aliphatic carbocycles. The molecular weight excluding hydrogens is 152 g/mol. The summed E-state index contributed by atoms with van der Waals surface area (Å²) in [6, 6.07) is 0. The molecule has 0 amide bonds. The van der Waals surface area contributed by atoms with Crippen LogP contribution in [-0.2, 0) is 0 Å². The van der Waals surface area contributed by atoms with E-state index in [4.69, 9.17) is 5.11 Å². The Balaban J connectivity index is 2.36. The molecule has 1 saturated carbocycles. The molecule has 0 radical (unpaired) electrons. The van der Waals surface area contributed by atoms with Crippen LogP contribution in [0.15, 0.2) is 0 Å². The van der Waals surface area contributed by atoms with Gasteiger partial charge in [0.2, 0.25) is 0 Å². The van der Waals surface area contributed by atoms with Gasteiger partial charge in [-0.15, -0.1) is 0 Å². The molecule has 2 heteroatoms. The molecule has 2 nitrogen and oxygen atoms in total. The lowest BCUT2D eigenvalue weighted by molar-refractivity contribution is -0.00711. The van der Waals surface area contributed by atoms with Gasteiger partial charge in [0.25, 0.3) is 0 Å². The van der Waals surface area contributed by atoms with Crippen LogP contribution >= 0.6 is 0 Å². The minimum Gasteiger partial charge on any atom is -0.396 e. The van der Waals surface area contributed by atoms with Gasteiger partial charge >= 0.3 is 0 Å². The standard InChI is InChI=1S/C10H20O2/c11-9-8-10(12)6-4-2-1-3-5-7-10/h11-12H,1-9H2. The number of aliphatic hydroxyl groups is 2. The van der Waals surface area contributed by atoms with E-state index in [9.17, 15) is 5.11 Å².